The summed E-state index contributed by atoms with van der Waals surface area (Å²) in [4.78, 5) is 11.3. The molecule has 1 N–H and O–H groups in total. The van der Waals surface area contributed by atoms with Gasteiger partial charge in [0.1, 0.15) is 5.60 Å². The fraction of sp³-hybridized carbons (Fsp3) is 0.577. The molecule has 0 aliphatic heterocycles. The fourth-order valence-electron chi connectivity index (χ4n) is 5.08. The first-order chi connectivity index (χ1) is 14.9. The van der Waals surface area contributed by atoms with Gasteiger partial charge in [0.25, 0.3) is 0 Å². The van der Waals surface area contributed by atoms with Crippen molar-refractivity contribution in [1.29, 1.82) is 0 Å². The average Bonchev–Trinajstić information content (AvgIpc) is 2.77. The molecule has 31 heavy (non-hydrogen) atoms. The number of carboxylic acids is 1. The number of benzene rings is 1. The van der Waals surface area contributed by atoms with Crippen LogP contribution in [-0.2, 0) is 15.1 Å². The lowest BCUT2D eigenvalue weighted by Gasteiger charge is -2.36. The largest absolute Gasteiger partial charge is 0.481 e. The predicted molar refractivity (Wildman–Crippen MR) is 118 cm³/mol. The zero-order valence-corrected chi connectivity index (χ0v) is 18.3. The molecule has 170 valence electrons. The van der Waals surface area contributed by atoms with Gasteiger partial charge >= 0.3 is 12.6 Å². The molecule has 2 aliphatic carbocycles. The van der Waals surface area contributed by atoms with Gasteiger partial charge in [-0.3, -0.25) is 4.79 Å². The van der Waals surface area contributed by atoms with Crippen molar-refractivity contribution in [3.8, 4) is 0 Å². The Balaban J connectivity index is 1.77. The van der Waals surface area contributed by atoms with E-state index in [1.54, 1.807) is 0 Å². The zero-order valence-electron chi connectivity index (χ0n) is 18.3. The number of hydrogen-bond acceptors (Lipinski definition) is 2. The number of carboxylic acid groups (broad SMARTS) is 1. The summed E-state index contributed by atoms with van der Waals surface area (Å²) in [6, 6.07) is 7.63. The van der Waals surface area contributed by atoms with Gasteiger partial charge in [-0.2, -0.15) is 8.78 Å². The topological polar surface area (TPSA) is 46.5 Å². The SMILES string of the molecule is CCCCCC[C@H]1CC[C@H](c2ccccc2C2(OC(F)F)C=CC(C(=O)O)C=C2)CC1. The van der Waals surface area contributed by atoms with E-state index in [2.05, 4.69) is 6.92 Å². The molecule has 0 aromatic heterocycles. The molecule has 0 unspecified atom stereocenters. The van der Waals surface area contributed by atoms with Crippen molar-refractivity contribution in [2.75, 3.05) is 0 Å². The van der Waals surface area contributed by atoms with Gasteiger partial charge in [0.15, 0.2) is 0 Å². The smallest absolute Gasteiger partial charge is 0.346 e. The number of ether oxygens (including phenoxy) is 1. The molecule has 0 bridgehead atoms. The van der Waals surface area contributed by atoms with Crippen LogP contribution in [0.25, 0.3) is 0 Å². The number of alkyl halides is 2. The van der Waals surface area contributed by atoms with Crippen LogP contribution in [0.1, 0.15) is 81.8 Å². The molecule has 0 spiro atoms. The fourth-order valence-corrected chi connectivity index (χ4v) is 5.08. The van der Waals surface area contributed by atoms with Gasteiger partial charge < -0.3 is 9.84 Å². The van der Waals surface area contributed by atoms with E-state index in [4.69, 9.17) is 4.74 Å². The third-order valence-corrected chi connectivity index (χ3v) is 6.81. The van der Waals surface area contributed by atoms with E-state index >= 15 is 0 Å². The van der Waals surface area contributed by atoms with Crippen molar-refractivity contribution in [1.82, 2.24) is 0 Å². The highest BCUT2D eigenvalue weighted by Crippen LogP contribution is 2.44. The van der Waals surface area contributed by atoms with Crippen molar-refractivity contribution in [3.05, 3.63) is 59.7 Å². The van der Waals surface area contributed by atoms with Crippen LogP contribution < -0.4 is 0 Å². The maximum Gasteiger partial charge on any atom is 0.346 e. The molecule has 1 saturated carbocycles. The number of rotatable bonds is 10. The number of halogens is 2. The van der Waals surface area contributed by atoms with Crippen molar-refractivity contribution in [2.45, 2.75) is 82.8 Å². The van der Waals surface area contributed by atoms with Crippen molar-refractivity contribution >= 4 is 5.97 Å². The Morgan fingerprint density at radius 1 is 1.10 bits per heavy atom. The van der Waals surface area contributed by atoms with E-state index in [1.807, 2.05) is 24.3 Å². The minimum atomic E-state index is -2.97. The first-order valence-electron chi connectivity index (χ1n) is 11.6. The van der Waals surface area contributed by atoms with Gasteiger partial charge in [0, 0.05) is 0 Å². The zero-order chi connectivity index (χ0) is 22.3. The average molecular weight is 433 g/mol. The van der Waals surface area contributed by atoms with Crippen molar-refractivity contribution in [2.24, 2.45) is 11.8 Å². The van der Waals surface area contributed by atoms with Gasteiger partial charge in [-0.05, 0) is 60.8 Å². The van der Waals surface area contributed by atoms with E-state index in [0.717, 1.165) is 24.3 Å². The number of carbonyl (C=O) groups is 1. The molecular formula is C26H34F2O3. The second-order valence-corrected chi connectivity index (χ2v) is 8.91. The molecular weight excluding hydrogens is 398 g/mol. The van der Waals surface area contributed by atoms with Crippen LogP contribution in [0.3, 0.4) is 0 Å². The second-order valence-electron chi connectivity index (χ2n) is 8.91. The first-order valence-corrected chi connectivity index (χ1v) is 11.6. The van der Waals surface area contributed by atoms with E-state index in [-0.39, 0.29) is 0 Å². The van der Waals surface area contributed by atoms with Gasteiger partial charge in [-0.15, -0.1) is 0 Å². The maximum atomic E-state index is 13.4. The lowest BCUT2D eigenvalue weighted by molar-refractivity contribution is -0.180. The quantitative estimate of drug-likeness (QED) is 0.314. The number of unbranched alkanes of at least 4 members (excludes halogenated alkanes) is 3. The highest BCUT2D eigenvalue weighted by Gasteiger charge is 2.38. The number of aliphatic carboxylic acids is 1. The Kier molecular flexibility index (Phi) is 8.42. The van der Waals surface area contributed by atoms with E-state index in [0.29, 0.717) is 11.5 Å². The van der Waals surface area contributed by atoms with Crippen molar-refractivity contribution in [3.63, 3.8) is 0 Å². The summed E-state index contributed by atoms with van der Waals surface area (Å²) >= 11 is 0. The van der Waals surface area contributed by atoms with Crippen LogP contribution >= 0.6 is 0 Å². The van der Waals surface area contributed by atoms with Gasteiger partial charge in [-0.1, -0.05) is 75.4 Å². The Hall–Kier alpha value is -2.01. The van der Waals surface area contributed by atoms with Crippen molar-refractivity contribution < 1.29 is 23.4 Å². The summed E-state index contributed by atoms with van der Waals surface area (Å²) in [7, 11) is 0. The predicted octanol–water partition coefficient (Wildman–Crippen LogP) is 7.19. The molecule has 0 radical (unpaired) electrons. The highest BCUT2D eigenvalue weighted by atomic mass is 19.3. The van der Waals surface area contributed by atoms with Crippen LogP contribution in [0.15, 0.2) is 48.6 Å². The Bertz CT molecular complexity index is 765. The molecule has 0 atom stereocenters. The summed E-state index contributed by atoms with van der Waals surface area (Å²) in [6.07, 6.45) is 16.7. The van der Waals surface area contributed by atoms with E-state index in [9.17, 15) is 18.7 Å². The monoisotopic (exact) mass is 432 g/mol. The Morgan fingerprint density at radius 3 is 2.39 bits per heavy atom. The minimum absolute atomic E-state index is 0.306. The molecule has 1 aromatic carbocycles. The summed E-state index contributed by atoms with van der Waals surface area (Å²) in [6.45, 7) is -0.742. The van der Waals surface area contributed by atoms with E-state index < -0.39 is 24.1 Å². The molecule has 2 aliphatic rings. The maximum absolute atomic E-state index is 13.4. The Labute approximate surface area is 184 Å². The molecule has 0 heterocycles. The highest BCUT2D eigenvalue weighted by molar-refractivity contribution is 5.75. The minimum Gasteiger partial charge on any atom is -0.481 e. The lowest BCUT2D eigenvalue weighted by atomic mass is 9.73. The lowest BCUT2D eigenvalue weighted by Crippen LogP contribution is -2.32. The summed E-state index contributed by atoms with van der Waals surface area (Å²) in [5.74, 6) is -0.772. The third kappa shape index (κ3) is 6.03. The normalized spacial score (nSPS) is 28.2. The molecule has 1 fully saturated rings. The second kappa shape index (κ2) is 11.0. The summed E-state index contributed by atoms with van der Waals surface area (Å²) < 4.78 is 31.9. The summed E-state index contributed by atoms with van der Waals surface area (Å²) in [5.41, 5.74) is 0.293. The molecule has 3 rings (SSSR count). The van der Waals surface area contributed by atoms with Crippen LogP contribution in [-0.4, -0.2) is 17.7 Å². The number of hydrogen-bond donors (Lipinski definition) is 1. The Morgan fingerprint density at radius 2 is 1.77 bits per heavy atom. The summed E-state index contributed by atoms with van der Waals surface area (Å²) in [5, 5.41) is 9.24. The van der Waals surface area contributed by atoms with Crippen LogP contribution in [0, 0.1) is 11.8 Å². The third-order valence-electron chi connectivity index (χ3n) is 6.81. The molecule has 5 heteroatoms. The molecule has 0 amide bonds. The molecule has 3 nitrogen and oxygen atoms in total. The van der Waals surface area contributed by atoms with Crippen LogP contribution in [0.2, 0.25) is 0 Å². The molecule has 0 saturated heterocycles. The standard InChI is InChI=1S/C26H34F2O3/c1-2-3-4-5-8-19-11-13-20(14-12-19)22-9-6-7-10-23(22)26(31-25(27)28)17-15-21(16-18-26)24(29)30/h6-7,9-10,15-21,25H,2-5,8,11-14H2,1H3,(H,29,30)/t19-,20-,21?,26?. The van der Waals surface area contributed by atoms with Gasteiger partial charge in [-0.25, -0.2) is 0 Å². The van der Waals surface area contributed by atoms with Crippen LogP contribution in [0.4, 0.5) is 8.78 Å². The van der Waals surface area contributed by atoms with E-state index in [1.165, 1.54) is 69.2 Å². The first kappa shape index (κ1) is 23.6. The van der Waals surface area contributed by atoms with Crippen LogP contribution in [0.5, 0.6) is 0 Å². The molecule has 1 aromatic rings. The van der Waals surface area contributed by atoms with Gasteiger partial charge in [0.05, 0.1) is 5.92 Å². The van der Waals surface area contributed by atoms with Gasteiger partial charge in [0.2, 0.25) is 0 Å².